The van der Waals surface area contributed by atoms with Gasteiger partial charge in [-0.3, -0.25) is 9.69 Å². The van der Waals surface area contributed by atoms with Crippen molar-refractivity contribution in [2.24, 2.45) is 0 Å². The Morgan fingerprint density at radius 2 is 2.17 bits per heavy atom. The van der Waals surface area contributed by atoms with E-state index in [0.717, 1.165) is 45.4 Å². The molecule has 0 atom stereocenters. The summed E-state index contributed by atoms with van der Waals surface area (Å²) in [5.41, 5.74) is 1.32. The van der Waals surface area contributed by atoms with E-state index in [-0.39, 0.29) is 18.6 Å². The van der Waals surface area contributed by atoms with Crippen molar-refractivity contribution in [3.63, 3.8) is 0 Å². The Morgan fingerprint density at radius 3 is 2.96 bits per heavy atom. The van der Waals surface area contributed by atoms with Crippen LogP contribution < -0.4 is 0 Å². The number of thiophene rings is 1. The summed E-state index contributed by atoms with van der Waals surface area (Å²) in [4.78, 5) is 18.2. The molecule has 0 radical (unpaired) electrons. The van der Waals surface area contributed by atoms with Crippen LogP contribution in [0.2, 0.25) is 0 Å². The molecule has 0 bridgehead atoms. The fraction of sp³-hybridized carbons (Fsp3) is 0.706. The molecule has 128 valence electrons. The Labute approximate surface area is 141 Å². The first-order chi connectivity index (χ1) is 11.3. The highest BCUT2D eigenvalue weighted by Crippen LogP contribution is 2.24. The molecule has 0 unspecified atom stereocenters. The van der Waals surface area contributed by atoms with E-state index in [1.54, 1.807) is 11.3 Å². The summed E-state index contributed by atoms with van der Waals surface area (Å²) in [6, 6.07) is 2.15. The third-order valence-corrected chi connectivity index (χ3v) is 5.73. The van der Waals surface area contributed by atoms with Crippen molar-refractivity contribution < 1.29 is 14.6 Å². The molecule has 2 aliphatic rings. The molecule has 1 aromatic rings. The summed E-state index contributed by atoms with van der Waals surface area (Å²) in [5, 5.41) is 10.9. The minimum absolute atomic E-state index is 0.190. The number of likely N-dealkylation sites (tertiary alicyclic amines) is 1. The molecular formula is C17H26N2O3S. The van der Waals surface area contributed by atoms with Crippen LogP contribution in [0.15, 0.2) is 11.4 Å². The molecule has 0 spiro atoms. The lowest BCUT2D eigenvalue weighted by Crippen LogP contribution is -2.45. The molecule has 1 aromatic heterocycles. The highest BCUT2D eigenvalue weighted by atomic mass is 32.1. The Bertz CT molecular complexity index is 512. The molecule has 5 nitrogen and oxygen atoms in total. The Balaban J connectivity index is 1.40. The van der Waals surface area contributed by atoms with Crippen LogP contribution in [0.3, 0.4) is 0 Å². The molecule has 0 aromatic carbocycles. The van der Waals surface area contributed by atoms with Crippen molar-refractivity contribution in [1.29, 1.82) is 0 Å². The lowest BCUT2D eigenvalue weighted by molar-refractivity contribution is -0.134. The van der Waals surface area contributed by atoms with Gasteiger partial charge >= 0.3 is 0 Å². The summed E-state index contributed by atoms with van der Waals surface area (Å²) >= 11 is 1.81. The number of fused-ring (bicyclic) bond motifs is 1. The van der Waals surface area contributed by atoms with Crippen LogP contribution in [-0.2, 0) is 22.5 Å². The van der Waals surface area contributed by atoms with Gasteiger partial charge in [-0.15, -0.1) is 11.3 Å². The van der Waals surface area contributed by atoms with Crippen LogP contribution in [-0.4, -0.2) is 66.3 Å². The number of ether oxygens (including phenoxy) is 1. The third kappa shape index (κ3) is 4.53. The van der Waals surface area contributed by atoms with E-state index in [4.69, 9.17) is 9.84 Å². The van der Waals surface area contributed by atoms with Crippen LogP contribution in [0.25, 0.3) is 0 Å². The van der Waals surface area contributed by atoms with E-state index in [9.17, 15) is 4.79 Å². The van der Waals surface area contributed by atoms with Crippen molar-refractivity contribution in [2.75, 3.05) is 39.4 Å². The van der Waals surface area contributed by atoms with Gasteiger partial charge in [0.25, 0.3) is 0 Å². The Kier molecular flexibility index (Phi) is 6.05. The van der Waals surface area contributed by atoms with Gasteiger partial charge in [0, 0.05) is 44.3 Å². The lowest BCUT2D eigenvalue weighted by Gasteiger charge is -2.34. The van der Waals surface area contributed by atoms with Gasteiger partial charge in [-0.1, -0.05) is 0 Å². The molecule has 0 saturated carbocycles. The number of hydrogen-bond donors (Lipinski definition) is 1. The number of nitrogens with zero attached hydrogens (tertiary/aromatic N) is 2. The summed E-state index contributed by atoms with van der Waals surface area (Å²) < 4.78 is 5.74. The SMILES string of the molecule is O=C(CN1CCC(OCCCO)CC1)N1CCc2sccc2C1. The Hall–Kier alpha value is -0.950. The number of aliphatic hydroxyl groups excluding tert-OH is 1. The fourth-order valence-corrected chi connectivity index (χ4v) is 4.19. The van der Waals surface area contributed by atoms with Gasteiger partial charge in [0.1, 0.15) is 0 Å². The third-order valence-electron chi connectivity index (χ3n) is 4.71. The smallest absolute Gasteiger partial charge is 0.237 e. The zero-order valence-corrected chi connectivity index (χ0v) is 14.4. The molecular weight excluding hydrogens is 312 g/mol. The maximum absolute atomic E-state index is 12.5. The number of rotatable bonds is 6. The molecule has 1 N–H and O–H groups in total. The molecule has 0 aliphatic carbocycles. The predicted octanol–water partition coefficient (Wildman–Crippen LogP) is 1.50. The number of carbonyl (C=O) groups excluding carboxylic acids is 1. The van der Waals surface area contributed by atoms with Gasteiger partial charge in [0.15, 0.2) is 0 Å². The maximum Gasteiger partial charge on any atom is 0.237 e. The van der Waals surface area contributed by atoms with Crippen molar-refractivity contribution >= 4 is 17.2 Å². The van der Waals surface area contributed by atoms with E-state index < -0.39 is 0 Å². The predicted molar refractivity (Wildman–Crippen MR) is 90.6 cm³/mol. The second kappa shape index (κ2) is 8.24. The molecule has 2 aliphatic heterocycles. The maximum atomic E-state index is 12.5. The van der Waals surface area contributed by atoms with Gasteiger partial charge in [0.2, 0.25) is 5.91 Å². The molecule has 1 saturated heterocycles. The zero-order chi connectivity index (χ0) is 16.1. The summed E-state index contributed by atoms with van der Waals surface area (Å²) in [6.45, 7) is 4.83. The van der Waals surface area contributed by atoms with Crippen molar-refractivity contribution in [3.05, 3.63) is 21.9 Å². The highest BCUT2D eigenvalue weighted by Gasteiger charge is 2.25. The van der Waals surface area contributed by atoms with Crippen LogP contribution >= 0.6 is 11.3 Å². The van der Waals surface area contributed by atoms with E-state index in [1.807, 2.05) is 4.90 Å². The number of carbonyl (C=O) groups is 1. The summed E-state index contributed by atoms with van der Waals surface area (Å²) in [5.74, 6) is 0.251. The molecule has 6 heteroatoms. The largest absolute Gasteiger partial charge is 0.396 e. The first kappa shape index (κ1) is 16.9. The normalized spacial score (nSPS) is 19.8. The van der Waals surface area contributed by atoms with Gasteiger partial charge in [-0.25, -0.2) is 0 Å². The Morgan fingerprint density at radius 1 is 1.35 bits per heavy atom. The minimum Gasteiger partial charge on any atom is -0.396 e. The van der Waals surface area contributed by atoms with Crippen molar-refractivity contribution in [3.8, 4) is 0 Å². The monoisotopic (exact) mass is 338 g/mol. The average molecular weight is 338 g/mol. The van der Waals surface area contributed by atoms with E-state index in [0.29, 0.717) is 19.6 Å². The zero-order valence-electron chi connectivity index (χ0n) is 13.6. The van der Waals surface area contributed by atoms with Crippen LogP contribution in [0.4, 0.5) is 0 Å². The minimum atomic E-state index is 0.190. The first-order valence-electron chi connectivity index (χ1n) is 8.54. The van der Waals surface area contributed by atoms with E-state index in [2.05, 4.69) is 16.3 Å². The number of aliphatic hydroxyl groups is 1. The van der Waals surface area contributed by atoms with E-state index >= 15 is 0 Å². The molecule has 3 heterocycles. The standard InChI is InChI=1S/C17H26N2O3S/c20-9-1-10-22-15-2-6-18(7-3-15)13-17(21)19-8-4-16-14(12-19)5-11-23-16/h5,11,15,20H,1-4,6-10,12-13H2. The fourth-order valence-electron chi connectivity index (χ4n) is 3.30. The highest BCUT2D eigenvalue weighted by molar-refractivity contribution is 7.10. The number of piperidine rings is 1. The lowest BCUT2D eigenvalue weighted by atomic mass is 10.1. The molecule has 23 heavy (non-hydrogen) atoms. The van der Waals surface area contributed by atoms with Gasteiger partial charge in [0.05, 0.1) is 12.6 Å². The summed E-state index contributed by atoms with van der Waals surface area (Å²) in [6.07, 6.45) is 3.95. The van der Waals surface area contributed by atoms with Crippen LogP contribution in [0.5, 0.6) is 0 Å². The average Bonchev–Trinajstić information content (AvgIpc) is 3.04. The van der Waals surface area contributed by atoms with Gasteiger partial charge in [-0.2, -0.15) is 0 Å². The molecule has 3 rings (SSSR count). The number of hydrogen-bond acceptors (Lipinski definition) is 5. The van der Waals surface area contributed by atoms with Crippen LogP contribution in [0, 0.1) is 0 Å². The second-order valence-electron chi connectivity index (χ2n) is 6.36. The van der Waals surface area contributed by atoms with Gasteiger partial charge < -0.3 is 14.7 Å². The molecule has 1 amide bonds. The topological polar surface area (TPSA) is 53.0 Å². The second-order valence-corrected chi connectivity index (χ2v) is 7.36. The van der Waals surface area contributed by atoms with Crippen molar-refractivity contribution in [1.82, 2.24) is 9.80 Å². The quantitative estimate of drug-likeness (QED) is 0.799. The van der Waals surface area contributed by atoms with Gasteiger partial charge in [-0.05, 0) is 42.7 Å². The van der Waals surface area contributed by atoms with Crippen LogP contribution in [0.1, 0.15) is 29.7 Å². The van der Waals surface area contributed by atoms with Crippen molar-refractivity contribution in [2.45, 2.75) is 38.3 Å². The summed E-state index contributed by atoms with van der Waals surface area (Å²) in [7, 11) is 0. The van der Waals surface area contributed by atoms with E-state index in [1.165, 1.54) is 10.4 Å². The first-order valence-corrected chi connectivity index (χ1v) is 9.42. The number of amides is 1. The molecule has 1 fully saturated rings.